The van der Waals surface area contributed by atoms with E-state index in [1.165, 1.54) is 19.3 Å². The van der Waals surface area contributed by atoms with E-state index in [0.29, 0.717) is 0 Å². The molecule has 0 radical (unpaired) electrons. The van der Waals surface area contributed by atoms with Crippen molar-refractivity contribution in [3.8, 4) is 0 Å². The Morgan fingerprint density at radius 1 is 1.44 bits per heavy atom. The monoisotopic (exact) mass is 122 g/mol. The summed E-state index contributed by atoms with van der Waals surface area (Å²) in [5, 5.41) is 0. The third-order valence-corrected chi connectivity index (χ3v) is 1.86. The van der Waals surface area contributed by atoms with Crippen LogP contribution in [0.25, 0.3) is 0 Å². The highest BCUT2D eigenvalue weighted by Gasteiger charge is 2.00. The number of hydrogen-bond donors (Lipinski definition) is 0. The summed E-state index contributed by atoms with van der Waals surface area (Å²) in [4.78, 5) is 0. The van der Waals surface area contributed by atoms with Gasteiger partial charge in [-0.1, -0.05) is 31.2 Å². The van der Waals surface area contributed by atoms with Crippen LogP contribution in [0.5, 0.6) is 0 Å². The molecule has 0 saturated carbocycles. The summed E-state index contributed by atoms with van der Waals surface area (Å²) in [7, 11) is 0. The van der Waals surface area contributed by atoms with Crippen LogP contribution in [0.1, 0.15) is 26.2 Å². The van der Waals surface area contributed by atoms with Crippen molar-refractivity contribution >= 4 is 0 Å². The maximum atomic E-state index is 2.31. The fourth-order valence-electron chi connectivity index (χ4n) is 1.14. The van der Waals surface area contributed by atoms with Gasteiger partial charge in [-0.15, -0.1) is 0 Å². The SMILES string of the molecule is CCC1C=CC=CCC1. The molecule has 50 valence electrons. The van der Waals surface area contributed by atoms with Crippen LogP contribution in [0.3, 0.4) is 0 Å². The van der Waals surface area contributed by atoms with E-state index in [4.69, 9.17) is 0 Å². The van der Waals surface area contributed by atoms with E-state index in [-0.39, 0.29) is 0 Å². The van der Waals surface area contributed by atoms with Crippen LogP contribution >= 0.6 is 0 Å². The molecule has 0 N–H and O–H groups in total. The maximum Gasteiger partial charge on any atom is -0.0230 e. The number of rotatable bonds is 1. The van der Waals surface area contributed by atoms with E-state index in [2.05, 4.69) is 31.2 Å². The average Bonchev–Trinajstić information content (AvgIpc) is 2.13. The summed E-state index contributed by atoms with van der Waals surface area (Å²) in [6.07, 6.45) is 12.7. The molecular weight excluding hydrogens is 108 g/mol. The van der Waals surface area contributed by atoms with Crippen LogP contribution in [0.15, 0.2) is 24.3 Å². The summed E-state index contributed by atoms with van der Waals surface area (Å²) < 4.78 is 0. The molecule has 9 heavy (non-hydrogen) atoms. The standard InChI is InChI=1S/C9H14/c1-2-9-7-5-3-4-6-8-9/h3-5,7,9H,2,6,8H2,1H3. The molecule has 0 aliphatic heterocycles. The summed E-state index contributed by atoms with van der Waals surface area (Å²) in [5.41, 5.74) is 0. The van der Waals surface area contributed by atoms with Gasteiger partial charge in [0.25, 0.3) is 0 Å². The molecule has 0 aromatic carbocycles. The first-order chi connectivity index (χ1) is 4.43. The van der Waals surface area contributed by atoms with Crippen LogP contribution in [0, 0.1) is 5.92 Å². The van der Waals surface area contributed by atoms with E-state index in [1.807, 2.05) is 0 Å². The second-order valence-corrected chi connectivity index (χ2v) is 2.56. The number of allylic oxidation sites excluding steroid dienone is 4. The van der Waals surface area contributed by atoms with Crippen LogP contribution in [0.2, 0.25) is 0 Å². The van der Waals surface area contributed by atoms with Gasteiger partial charge in [0.2, 0.25) is 0 Å². The number of hydrogen-bond acceptors (Lipinski definition) is 0. The Morgan fingerprint density at radius 2 is 2.33 bits per heavy atom. The Kier molecular flexibility index (Phi) is 2.56. The molecule has 1 aliphatic rings. The second kappa shape index (κ2) is 3.49. The quantitative estimate of drug-likeness (QED) is 0.501. The van der Waals surface area contributed by atoms with Crippen LogP contribution in [-0.2, 0) is 0 Å². The van der Waals surface area contributed by atoms with Crippen molar-refractivity contribution in [3.05, 3.63) is 24.3 Å². The molecule has 1 atom stereocenters. The van der Waals surface area contributed by atoms with Crippen molar-refractivity contribution < 1.29 is 0 Å². The van der Waals surface area contributed by atoms with Gasteiger partial charge in [-0.3, -0.25) is 0 Å². The lowest BCUT2D eigenvalue weighted by Gasteiger charge is -2.04. The minimum Gasteiger partial charge on any atom is -0.0845 e. The van der Waals surface area contributed by atoms with Gasteiger partial charge in [0.05, 0.1) is 0 Å². The van der Waals surface area contributed by atoms with Gasteiger partial charge in [0.15, 0.2) is 0 Å². The van der Waals surface area contributed by atoms with E-state index in [1.54, 1.807) is 0 Å². The van der Waals surface area contributed by atoms with Crippen molar-refractivity contribution in [2.75, 3.05) is 0 Å². The lowest BCUT2D eigenvalue weighted by molar-refractivity contribution is 0.582. The van der Waals surface area contributed by atoms with Crippen LogP contribution in [0.4, 0.5) is 0 Å². The molecule has 0 nitrogen and oxygen atoms in total. The van der Waals surface area contributed by atoms with E-state index in [9.17, 15) is 0 Å². The molecule has 0 heteroatoms. The van der Waals surface area contributed by atoms with Gasteiger partial charge in [0.1, 0.15) is 0 Å². The third kappa shape index (κ3) is 2.05. The first-order valence-electron chi connectivity index (χ1n) is 3.77. The molecule has 1 unspecified atom stereocenters. The fourth-order valence-corrected chi connectivity index (χ4v) is 1.14. The molecule has 0 saturated heterocycles. The molecule has 0 fully saturated rings. The summed E-state index contributed by atoms with van der Waals surface area (Å²) in [5.74, 6) is 0.833. The van der Waals surface area contributed by atoms with Crippen molar-refractivity contribution in [2.45, 2.75) is 26.2 Å². The topological polar surface area (TPSA) is 0 Å². The van der Waals surface area contributed by atoms with Gasteiger partial charge in [-0.2, -0.15) is 0 Å². The Bertz CT molecular complexity index is 120. The van der Waals surface area contributed by atoms with Gasteiger partial charge < -0.3 is 0 Å². The molecular formula is C9H14. The van der Waals surface area contributed by atoms with E-state index in [0.717, 1.165) is 5.92 Å². The summed E-state index contributed by atoms with van der Waals surface area (Å²) >= 11 is 0. The first-order valence-corrected chi connectivity index (χ1v) is 3.77. The lowest BCUT2D eigenvalue weighted by Crippen LogP contribution is -1.90. The van der Waals surface area contributed by atoms with Gasteiger partial charge in [0, 0.05) is 0 Å². The lowest BCUT2D eigenvalue weighted by atomic mass is 10.0. The predicted molar refractivity (Wildman–Crippen MR) is 41.3 cm³/mol. The fraction of sp³-hybridized carbons (Fsp3) is 0.556. The largest absolute Gasteiger partial charge is 0.0845 e. The molecule has 0 heterocycles. The highest BCUT2D eigenvalue weighted by molar-refractivity contribution is 5.07. The zero-order valence-corrected chi connectivity index (χ0v) is 6.01. The molecule has 1 rings (SSSR count). The van der Waals surface area contributed by atoms with Crippen molar-refractivity contribution in [2.24, 2.45) is 5.92 Å². The minimum absolute atomic E-state index is 0.833. The molecule has 0 aromatic heterocycles. The zero-order chi connectivity index (χ0) is 6.53. The second-order valence-electron chi connectivity index (χ2n) is 2.56. The third-order valence-electron chi connectivity index (χ3n) is 1.86. The van der Waals surface area contributed by atoms with Gasteiger partial charge >= 0.3 is 0 Å². The van der Waals surface area contributed by atoms with Crippen molar-refractivity contribution in [3.63, 3.8) is 0 Å². The van der Waals surface area contributed by atoms with Crippen LogP contribution in [-0.4, -0.2) is 0 Å². The van der Waals surface area contributed by atoms with E-state index >= 15 is 0 Å². The molecule has 0 bridgehead atoms. The highest BCUT2D eigenvalue weighted by atomic mass is 14.1. The Balaban J connectivity index is 2.41. The zero-order valence-electron chi connectivity index (χ0n) is 6.01. The van der Waals surface area contributed by atoms with Gasteiger partial charge in [-0.05, 0) is 25.2 Å². The smallest absolute Gasteiger partial charge is 0.0230 e. The highest BCUT2D eigenvalue weighted by Crippen LogP contribution is 2.15. The average molecular weight is 122 g/mol. The van der Waals surface area contributed by atoms with Crippen molar-refractivity contribution in [1.82, 2.24) is 0 Å². The Hall–Kier alpha value is -0.520. The molecule has 0 amide bonds. The summed E-state index contributed by atoms with van der Waals surface area (Å²) in [6.45, 7) is 2.25. The normalized spacial score (nSPS) is 26.1. The molecule has 0 spiro atoms. The van der Waals surface area contributed by atoms with E-state index < -0.39 is 0 Å². The van der Waals surface area contributed by atoms with Crippen molar-refractivity contribution in [1.29, 1.82) is 0 Å². The minimum atomic E-state index is 0.833. The summed E-state index contributed by atoms with van der Waals surface area (Å²) in [6, 6.07) is 0. The Labute approximate surface area is 57.3 Å². The first kappa shape index (κ1) is 6.60. The maximum absolute atomic E-state index is 2.31. The van der Waals surface area contributed by atoms with Crippen LogP contribution < -0.4 is 0 Å². The predicted octanol–water partition coefficient (Wildman–Crippen LogP) is 2.92. The molecule has 0 aromatic rings. The van der Waals surface area contributed by atoms with Gasteiger partial charge in [-0.25, -0.2) is 0 Å². The Morgan fingerprint density at radius 3 is 3.11 bits per heavy atom. The molecule has 1 aliphatic carbocycles.